The highest BCUT2D eigenvalue weighted by Crippen LogP contribution is 2.34. The van der Waals surface area contributed by atoms with Crippen molar-refractivity contribution < 1.29 is 9.90 Å². The SMILES string of the molecule is Nc1c(Cl)cc(Cl)cc1Nc1ccccc1C(=O)O. The number of hydrogen-bond acceptors (Lipinski definition) is 3. The Morgan fingerprint density at radius 2 is 1.84 bits per heavy atom. The van der Waals surface area contributed by atoms with E-state index in [0.29, 0.717) is 27.1 Å². The Kier molecular flexibility index (Phi) is 3.83. The molecule has 0 aromatic heterocycles. The fraction of sp³-hybridized carbons (Fsp3) is 0. The van der Waals surface area contributed by atoms with Crippen molar-refractivity contribution in [2.75, 3.05) is 11.1 Å². The monoisotopic (exact) mass is 296 g/mol. The second kappa shape index (κ2) is 5.38. The van der Waals surface area contributed by atoms with Gasteiger partial charge in [-0.25, -0.2) is 4.79 Å². The Hall–Kier alpha value is -1.91. The normalized spacial score (nSPS) is 10.2. The van der Waals surface area contributed by atoms with Gasteiger partial charge in [0.05, 0.1) is 27.6 Å². The van der Waals surface area contributed by atoms with E-state index >= 15 is 0 Å². The summed E-state index contributed by atoms with van der Waals surface area (Å²) >= 11 is 11.8. The number of aromatic carboxylic acids is 1. The zero-order chi connectivity index (χ0) is 14.0. The van der Waals surface area contributed by atoms with Crippen molar-refractivity contribution in [2.24, 2.45) is 0 Å². The average Bonchev–Trinajstić information content (AvgIpc) is 2.35. The molecular formula is C13H10Cl2N2O2. The molecule has 0 heterocycles. The number of para-hydroxylation sites is 1. The van der Waals surface area contributed by atoms with Gasteiger partial charge >= 0.3 is 5.97 Å². The predicted octanol–water partition coefficient (Wildman–Crippen LogP) is 4.02. The van der Waals surface area contributed by atoms with Gasteiger partial charge in [0, 0.05) is 5.02 Å². The van der Waals surface area contributed by atoms with Gasteiger partial charge in [0.25, 0.3) is 0 Å². The Morgan fingerprint density at radius 1 is 1.16 bits per heavy atom. The van der Waals surface area contributed by atoms with Gasteiger partial charge < -0.3 is 16.2 Å². The van der Waals surface area contributed by atoms with Gasteiger partial charge in [-0.15, -0.1) is 0 Å². The molecular weight excluding hydrogens is 287 g/mol. The lowest BCUT2D eigenvalue weighted by Crippen LogP contribution is -2.04. The van der Waals surface area contributed by atoms with Crippen LogP contribution in [0.5, 0.6) is 0 Å². The fourth-order valence-corrected chi connectivity index (χ4v) is 2.11. The number of carboxylic acid groups (broad SMARTS) is 1. The summed E-state index contributed by atoms with van der Waals surface area (Å²) in [5, 5.41) is 12.7. The van der Waals surface area contributed by atoms with Crippen molar-refractivity contribution in [3.63, 3.8) is 0 Å². The second-order valence-electron chi connectivity index (χ2n) is 3.82. The van der Waals surface area contributed by atoms with Crippen LogP contribution in [0.3, 0.4) is 0 Å². The number of anilines is 3. The zero-order valence-corrected chi connectivity index (χ0v) is 11.2. The maximum atomic E-state index is 11.1. The van der Waals surface area contributed by atoms with E-state index in [1.807, 2.05) is 0 Å². The van der Waals surface area contributed by atoms with E-state index in [9.17, 15) is 4.79 Å². The first-order valence-corrected chi connectivity index (χ1v) is 6.08. The van der Waals surface area contributed by atoms with Crippen LogP contribution in [-0.4, -0.2) is 11.1 Å². The highest BCUT2D eigenvalue weighted by Gasteiger charge is 2.12. The van der Waals surface area contributed by atoms with Crippen LogP contribution in [0.1, 0.15) is 10.4 Å². The quantitative estimate of drug-likeness (QED) is 0.748. The molecule has 4 nitrogen and oxygen atoms in total. The molecule has 0 radical (unpaired) electrons. The first-order chi connectivity index (χ1) is 8.99. The molecule has 6 heteroatoms. The van der Waals surface area contributed by atoms with Gasteiger partial charge in [-0.2, -0.15) is 0 Å². The molecule has 0 saturated heterocycles. The van der Waals surface area contributed by atoms with Crippen molar-refractivity contribution in [1.29, 1.82) is 0 Å². The van der Waals surface area contributed by atoms with Crippen molar-refractivity contribution in [1.82, 2.24) is 0 Å². The first kappa shape index (κ1) is 13.5. The van der Waals surface area contributed by atoms with Crippen LogP contribution >= 0.6 is 23.2 Å². The minimum absolute atomic E-state index is 0.137. The highest BCUT2D eigenvalue weighted by molar-refractivity contribution is 6.37. The second-order valence-corrected chi connectivity index (χ2v) is 4.67. The lowest BCUT2D eigenvalue weighted by molar-refractivity contribution is 0.0698. The van der Waals surface area contributed by atoms with E-state index in [4.69, 9.17) is 34.0 Å². The molecule has 2 aromatic rings. The summed E-state index contributed by atoms with van der Waals surface area (Å²) in [6.07, 6.45) is 0. The van der Waals surface area contributed by atoms with Crippen molar-refractivity contribution in [2.45, 2.75) is 0 Å². The van der Waals surface area contributed by atoms with Gasteiger partial charge in [0.2, 0.25) is 0 Å². The van der Waals surface area contributed by atoms with Gasteiger partial charge in [0.1, 0.15) is 0 Å². The van der Waals surface area contributed by atoms with Crippen LogP contribution in [0.4, 0.5) is 17.1 Å². The fourth-order valence-electron chi connectivity index (χ4n) is 1.61. The predicted molar refractivity (Wildman–Crippen MR) is 77.6 cm³/mol. The Morgan fingerprint density at radius 3 is 2.53 bits per heavy atom. The van der Waals surface area contributed by atoms with Crippen LogP contribution in [0.15, 0.2) is 36.4 Å². The van der Waals surface area contributed by atoms with Crippen molar-refractivity contribution >= 4 is 46.2 Å². The standard InChI is InChI=1S/C13H10Cl2N2O2/c14-7-5-9(15)12(16)11(6-7)17-10-4-2-1-3-8(10)13(18)19/h1-6,17H,16H2,(H,18,19). The third kappa shape index (κ3) is 2.92. The van der Waals surface area contributed by atoms with E-state index in [0.717, 1.165) is 0 Å². The van der Waals surface area contributed by atoms with E-state index in [2.05, 4.69) is 5.32 Å². The van der Waals surface area contributed by atoms with E-state index in [-0.39, 0.29) is 5.56 Å². The topological polar surface area (TPSA) is 75.3 Å². The minimum atomic E-state index is -1.03. The number of nitrogens with two attached hydrogens (primary N) is 1. The molecule has 2 aromatic carbocycles. The summed E-state index contributed by atoms with van der Waals surface area (Å²) in [6, 6.07) is 9.60. The van der Waals surface area contributed by atoms with Gasteiger partial charge in [-0.05, 0) is 24.3 Å². The lowest BCUT2D eigenvalue weighted by Gasteiger charge is -2.13. The molecule has 0 aliphatic rings. The summed E-state index contributed by atoms with van der Waals surface area (Å²) in [5.41, 5.74) is 7.15. The third-order valence-corrected chi connectivity index (χ3v) is 3.05. The molecule has 0 atom stereocenters. The molecule has 0 fully saturated rings. The largest absolute Gasteiger partial charge is 0.478 e. The van der Waals surface area contributed by atoms with Crippen LogP contribution in [-0.2, 0) is 0 Å². The molecule has 2 rings (SSSR count). The maximum Gasteiger partial charge on any atom is 0.337 e. The van der Waals surface area contributed by atoms with Gasteiger partial charge in [-0.1, -0.05) is 35.3 Å². The van der Waals surface area contributed by atoms with Gasteiger partial charge in [-0.3, -0.25) is 0 Å². The summed E-state index contributed by atoms with van der Waals surface area (Å²) in [7, 11) is 0. The van der Waals surface area contributed by atoms with Crippen LogP contribution < -0.4 is 11.1 Å². The average molecular weight is 297 g/mol. The van der Waals surface area contributed by atoms with Crippen LogP contribution in [0, 0.1) is 0 Å². The molecule has 98 valence electrons. The number of rotatable bonds is 3. The Labute approximate surface area is 119 Å². The maximum absolute atomic E-state index is 11.1. The third-order valence-electron chi connectivity index (χ3n) is 2.52. The molecule has 0 aliphatic heterocycles. The smallest absolute Gasteiger partial charge is 0.337 e. The van der Waals surface area contributed by atoms with E-state index in [1.165, 1.54) is 12.1 Å². The Balaban J connectivity index is 2.45. The van der Waals surface area contributed by atoms with Crippen LogP contribution in [0.2, 0.25) is 10.0 Å². The molecule has 0 unspecified atom stereocenters. The number of nitrogen functional groups attached to an aromatic ring is 1. The van der Waals surface area contributed by atoms with Gasteiger partial charge in [0.15, 0.2) is 0 Å². The molecule has 0 amide bonds. The number of benzene rings is 2. The zero-order valence-electron chi connectivity index (χ0n) is 9.65. The summed E-state index contributed by atoms with van der Waals surface area (Å²) in [5.74, 6) is -1.03. The summed E-state index contributed by atoms with van der Waals surface area (Å²) in [6.45, 7) is 0. The molecule has 0 saturated carbocycles. The van der Waals surface area contributed by atoms with Crippen molar-refractivity contribution in [3.05, 3.63) is 52.0 Å². The summed E-state index contributed by atoms with van der Waals surface area (Å²) in [4.78, 5) is 11.1. The Bertz CT molecular complexity index is 645. The number of carboxylic acids is 1. The van der Waals surface area contributed by atoms with Crippen molar-refractivity contribution in [3.8, 4) is 0 Å². The number of hydrogen-bond donors (Lipinski definition) is 3. The summed E-state index contributed by atoms with van der Waals surface area (Å²) < 4.78 is 0. The molecule has 0 bridgehead atoms. The first-order valence-electron chi connectivity index (χ1n) is 5.33. The van der Waals surface area contributed by atoms with Crippen LogP contribution in [0.25, 0.3) is 0 Å². The van der Waals surface area contributed by atoms with E-state index < -0.39 is 5.97 Å². The lowest BCUT2D eigenvalue weighted by atomic mass is 10.1. The molecule has 4 N–H and O–H groups in total. The van der Waals surface area contributed by atoms with E-state index in [1.54, 1.807) is 24.3 Å². The molecule has 19 heavy (non-hydrogen) atoms. The highest BCUT2D eigenvalue weighted by atomic mass is 35.5. The molecule has 0 spiro atoms. The number of halogens is 2. The minimum Gasteiger partial charge on any atom is -0.478 e. The number of carbonyl (C=O) groups is 1. The number of nitrogens with one attached hydrogen (secondary N) is 1. The molecule has 0 aliphatic carbocycles.